The molecule has 0 aliphatic carbocycles. The number of aliphatic hydroxyl groups excluding tert-OH is 1. The van der Waals surface area contributed by atoms with Crippen LogP contribution in [0.1, 0.15) is 62.5 Å². The molecule has 1 unspecified atom stereocenters. The normalized spacial score (nSPS) is 12.8. The highest BCUT2D eigenvalue weighted by Gasteiger charge is 2.14. The van der Waals surface area contributed by atoms with Crippen molar-refractivity contribution in [2.24, 2.45) is 0 Å². The summed E-state index contributed by atoms with van der Waals surface area (Å²) in [7, 11) is 0. The Bertz CT molecular complexity index is 316. The van der Waals surface area contributed by atoms with Gasteiger partial charge in [0.05, 0.1) is 6.10 Å². The molecule has 1 nitrogen and oxygen atoms in total. The quantitative estimate of drug-likeness (QED) is 0.800. The van der Waals surface area contributed by atoms with E-state index >= 15 is 0 Å². The predicted molar refractivity (Wildman–Crippen MR) is 69.8 cm³/mol. The van der Waals surface area contributed by atoms with Gasteiger partial charge in [-0.15, -0.1) is 0 Å². The summed E-state index contributed by atoms with van der Waals surface area (Å²) in [4.78, 5) is 0. The maximum atomic E-state index is 10.1. The van der Waals surface area contributed by atoms with Gasteiger partial charge >= 0.3 is 0 Å². The van der Waals surface area contributed by atoms with Crippen LogP contribution in [0.25, 0.3) is 0 Å². The molecule has 0 saturated carbocycles. The number of aryl methyl sites for hydroxylation is 3. The number of rotatable bonds is 5. The van der Waals surface area contributed by atoms with E-state index in [9.17, 15) is 5.11 Å². The van der Waals surface area contributed by atoms with Crippen LogP contribution in [-0.2, 0) is 19.3 Å². The highest BCUT2D eigenvalue weighted by atomic mass is 16.3. The van der Waals surface area contributed by atoms with Crippen molar-refractivity contribution in [1.82, 2.24) is 0 Å². The highest BCUT2D eigenvalue weighted by molar-refractivity contribution is 5.41. The lowest BCUT2D eigenvalue weighted by Crippen LogP contribution is -2.06. The van der Waals surface area contributed by atoms with Crippen LogP contribution in [0.3, 0.4) is 0 Å². The number of hydrogen-bond acceptors (Lipinski definition) is 1. The van der Waals surface area contributed by atoms with Crippen molar-refractivity contribution in [3.8, 4) is 0 Å². The Morgan fingerprint density at radius 3 is 1.75 bits per heavy atom. The maximum absolute atomic E-state index is 10.1. The SMILES string of the molecule is CCc1cc(CC)c(C(O)CC)c(CC)c1. The molecule has 0 amide bonds. The summed E-state index contributed by atoms with van der Waals surface area (Å²) < 4.78 is 0. The van der Waals surface area contributed by atoms with Gasteiger partial charge in [-0.2, -0.15) is 0 Å². The third-order valence-electron chi connectivity index (χ3n) is 3.30. The summed E-state index contributed by atoms with van der Waals surface area (Å²) in [5.41, 5.74) is 5.22. The molecule has 0 heterocycles. The molecule has 1 heteroatoms. The molecule has 0 aliphatic heterocycles. The third kappa shape index (κ3) is 2.65. The smallest absolute Gasteiger partial charge is 0.0792 e. The van der Waals surface area contributed by atoms with E-state index in [-0.39, 0.29) is 6.10 Å². The van der Waals surface area contributed by atoms with E-state index in [1.807, 2.05) is 6.92 Å². The fourth-order valence-corrected chi connectivity index (χ4v) is 2.27. The summed E-state index contributed by atoms with van der Waals surface area (Å²) in [6.45, 7) is 8.56. The summed E-state index contributed by atoms with van der Waals surface area (Å²) in [6.07, 6.45) is 3.59. The minimum absolute atomic E-state index is 0.296. The molecule has 1 aromatic carbocycles. The van der Waals surface area contributed by atoms with Gasteiger partial charge in [-0.25, -0.2) is 0 Å². The Hall–Kier alpha value is -0.820. The minimum atomic E-state index is -0.296. The van der Waals surface area contributed by atoms with Gasteiger partial charge in [-0.1, -0.05) is 39.8 Å². The molecule has 0 bridgehead atoms. The van der Waals surface area contributed by atoms with Gasteiger partial charge in [0.2, 0.25) is 0 Å². The van der Waals surface area contributed by atoms with Crippen molar-refractivity contribution < 1.29 is 5.11 Å². The molecule has 0 fully saturated rings. The Morgan fingerprint density at radius 1 is 0.938 bits per heavy atom. The molecular formula is C15H24O. The predicted octanol–water partition coefficient (Wildman–Crippen LogP) is 3.82. The van der Waals surface area contributed by atoms with Crippen LogP contribution in [0.4, 0.5) is 0 Å². The van der Waals surface area contributed by atoms with Crippen LogP contribution < -0.4 is 0 Å². The number of aliphatic hydroxyl groups is 1. The standard InChI is InChI=1S/C15H24O/c1-5-11-9-12(6-2)15(14(16)8-4)13(7-3)10-11/h9-10,14,16H,5-8H2,1-4H3. The topological polar surface area (TPSA) is 20.2 Å². The van der Waals surface area contributed by atoms with Crippen LogP contribution >= 0.6 is 0 Å². The van der Waals surface area contributed by atoms with Gasteiger partial charge in [0, 0.05) is 0 Å². The summed E-state index contributed by atoms with van der Waals surface area (Å²) >= 11 is 0. The van der Waals surface area contributed by atoms with Crippen LogP contribution in [0.2, 0.25) is 0 Å². The van der Waals surface area contributed by atoms with Gasteiger partial charge in [0.1, 0.15) is 0 Å². The van der Waals surface area contributed by atoms with Crippen molar-refractivity contribution in [1.29, 1.82) is 0 Å². The van der Waals surface area contributed by atoms with Crippen LogP contribution in [0.5, 0.6) is 0 Å². The maximum Gasteiger partial charge on any atom is 0.0792 e. The summed E-state index contributed by atoms with van der Waals surface area (Å²) in [6, 6.07) is 4.51. The number of hydrogen-bond donors (Lipinski definition) is 1. The first kappa shape index (κ1) is 13.2. The van der Waals surface area contributed by atoms with E-state index in [0.29, 0.717) is 0 Å². The summed E-state index contributed by atoms with van der Waals surface area (Å²) in [5.74, 6) is 0. The van der Waals surface area contributed by atoms with E-state index in [4.69, 9.17) is 0 Å². The van der Waals surface area contributed by atoms with Crippen molar-refractivity contribution >= 4 is 0 Å². The second-order valence-corrected chi connectivity index (χ2v) is 4.31. The Balaban J connectivity index is 3.31. The first-order valence-electron chi connectivity index (χ1n) is 6.50. The zero-order valence-electron chi connectivity index (χ0n) is 11.0. The Labute approximate surface area is 99.5 Å². The molecule has 1 aromatic rings. The van der Waals surface area contributed by atoms with Crippen molar-refractivity contribution in [2.45, 2.75) is 59.5 Å². The molecule has 0 radical (unpaired) electrons. The van der Waals surface area contributed by atoms with Crippen molar-refractivity contribution in [3.63, 3.8) is 0 Å². The Morgan fingerprint density at radius 2 is 1.44 bits per heavy atom. The zero-order chi connectivity index (χ0) is 12.1. The van der Waals surface area contributed by atoms with Gasteiger partial charge in [-0.05, 0) is 47.9 Å². The molecule has 1 rings (SSSR count). The zero-order valence-corrected chi connectivity index (χ0v) is 11.0. The van der Waals surface area contributed by atoms with Crippen molar-refractivity contribution in [3.05, 3.63) is 34.4 Å². The lowest BCUT2D eigenvalue weighted by Gasteiger charge is -2.19. The monoisotopic (exact) mass is 220 g/mol. The molecule has 90 valence electrons. The first-order valence-corrected chi connectivity index (χ1v) is 6.50. The molecule has 1 N–H and O–H groups in total. The van der Waals surface area contributed by atoms with E-state index in [1.165, 1.54) is 22.3 Å². The van der Waals surface area contributed by atoms with E-state index in [0.717, 1.165) is 25.7 Å². The van der Waals surface area contributed by atoms with E-state index in [1.54, 1.807) is 0 Å². The van der Waals surface area contributed by atoms with Gasteiger partial charge in [0.15, 0.2) is 0 Å². The third-order valence-corrected chi connectivity index (χ3v) is 3.30. The van der Waals surface area contributed by atoms with Crippen molar-refractivity contribution in [2.75, 3.05) is 0 Å². The van der Waals surface area contributed by atoms with Gasteiger partial charge in [-0.3, -0.25) is 0 Å². The lowest BCUT2D eigenvalue weighted by atomic mass is 9.89. The average Bonchev–Trinajstić information content (AvgIpc) is 2.35. The van der Waals surface area contributed by atoms with E-state index in [2.05, 4.69) is 32.9 Å². The van der Waals surface area contributed by atoms with Crippen LogP contribution in [0.15, 0.2) is 12.1 Å². The fourth-order valence-electron chi connectivity index (χ4n) is 2.27. The number of benzene rings is 1. The van der Waals surface area contributed by atoms with Gasteiger partial charge < -0.3 is 5.11 Å². The molecule has 1 atom stereocenters. The fraction of sp³-hybridized carbons (Fsp3) is 0.600. The van der Waals surface area contributed by atoms with Crippen LogP contribution in [-0.4, -0.2) is 5.11 Å². The Kier molecular flexibility index (Phi) is 5.01. The highest BCUT2D eigenvalue weighted by Crippen LogP contribution is 2.27. The molecule has 16 heavy (non-hydrogen) atoms. The summed E-state index contributed by atoms with van der Waals surface area (Å²) in [5, 5.41) is 10.1. The first-order chi connectivity index (χ1) is 7.67. The van der Waals surface area contributed by atoms with Gasteiger partial charge in [0.25, 0.3) is 0 Å². The lowest BCUT2D eigenvalue weighted by molar-refractivity contribution is 0.171. The van der Waals surface area contributed by atoms with E-state index < -0.39 is 0 Å². The molecular weight excluding hydrogens is 196 g/mol. The largest absolute Gasteiger partial charge is 0.388 e. The molecule has 0 aliphatic rings. The molecule has 0 saturated heterocycles. The minimum Gasteiger partial charge on any atom is -0.388 e. The second kappa shape index (κ2) is 6.05. The molecule has 0 aromatic heterocycles. The molecule has 0 spiro atoms. The second-order valence-electron chi connectivity index (χ2n) is 4.31. The van der Waals surface area contributed by atoms with Crippen LogP contribution in [0, 0.1) is 0 Å². The average molecular weight is 220 g/mol.